The fourth-order valence-electron chi connectivity index (χ4n) is 3.92. The molecule has 2 aromatic heterocycles. The van der Waals surface area contributed by atoms with E-state index in [4.69, 9.17) is 4.74 Å². The van der Waals surface area contributed by atoms with Gasteiger partial charge in [0.1, 0.15) is 0 Å². The van der Waals surface area contributed by atoms with E-state index in [0.29, 0.717) is 32.2 Å². The fraction of sp³-hybridized carbons (Fsp3) is 0.667. The van der Waals surface area contributed by atoms with Crippen molar-refractivity contribution in [1.29, 1.82) is 0 Å². The van der Waals surface area contributed by atoms with Crippen LogP contribution >= 0.6 is 11.3 Å². The maximum absolute atomic E-state index is 12.9. The van der Waals surface area contributed by atoms with Crippen molar-refractivity contribution in [2.45, 2.75) is 52.1 Å². The Bertz CT molecular complexity index is 848. The molecule has 0 aromatic carbocycles. The third kappa shape index (κ3) is 4.70. The lowest BCUT2D eigenvalue weighted by molar-refractivity contribution is 0.0301. The second kappa shape index (κ2) is 8.53. The summed E-state index contributed by atoms with van der Waals surface area (Å²) >= 11 is 1.79. The summed E-state index contributed by atoms with van der Waals surface area (Å²) in [6, 6.07) is 0. The summed E-state index contributed by atoms with van der Waals surface area (Å²) in [6.45, 7) is 11.8. The van der Waals surface area contributed by atoms with E-state index < -0.39 is 0 Å². The minimum absolute atomic E-state index is 0.0996. The number of carbonyl (C=O) groups excluding carboxylic acids is 1. The quantitative estimate of drug-likeness (QED) is 0.809. The van der Waals surface area contributed by atoms with Gasteiger partial charge in [-0.25, -0.2) is 4.98 Å². The van der Waals surface area contributed by atoms with Crippen LogP contribution in [0.25, 0.3) is 0 Å². The Balaban J connectivity index is 1.33. The molecule has 1 saturated heterocycles. The van der Waals surface area contributed by atoms with Crippen LogP contribution in [0.5, 0.6) is 0 Å². The smallest absolute Gasteiger partial charge is 0.257 e. The van der Waals surface area contributed by atoms with Crippen molar-refractivity contribution in [3.63, 3.8) is 0 Å². The fourth-order valence-corrected chi connectivity index (χ4v) is 4.86. The average Bonchev–Trinajstić information content (AvgIpc) is 3.35. The van der Waals surface area contributed by atoms with Crippen LogP contribution in [0.2, 0.25) is 0 Å². The monoisotopic (exact) mass is 417 g/mol. The summed E-state index contributed by atoms with van der Waals surface area (Å²) in [4.78, 5) is 20.7. The standard InChI is InChI=1S/C21H31N5O2S/c1-21(2,3)20-23-13-16(29-20)12-22-11-15-4-5-26-18(10-15)17(14-24-26)19(27)25-6-8-28-9-7-25/h13-15,22H,4-12H2,1-3H3/t15-/m0/s1. The average molecular weight is 418 g/mol. The van der Waals surface area contributed by atoms with Crippen molar-refractivity contribution >= 4 is 17.2 Å². The molecule has 4 heterocycles. The van der Waals surface area contributed by atoms with E-state index in [2.05, 4.69) is 36.2 Å². The maximum Gasteiger partial charge on any atom is 0.257 e. The van der Waals surface area contributed by atoms with E-state index in [1.807, 2.05) is 15.8 Å². The number of ether oxygens (including phenoxy) is 1. The molecular weight excluding hydrogens is 386 g/mol. The number of amides is 1. The molecular formula is C21H31N5O2S. The minimum Gasteiger partial charge on any atom is -0.378 e. The van der Waals surface area contributed by atoms with Crippen molar-refractivity contribution in [2.24, 2.45) is 5.92 Å². The molecule has 0 unspecified atom stereocenters. The molecule has 1 amide bonds. The number of thiazole rings is 1. The van der Waals surface area contributed by atoms with Gasteiger partial charge in [-0.05, 0) is 25.3 Å². The SMILES string of the molecule is CC(C)(C)c1ncc(CNC[C@H]2CCn3ncc(C(=O)N4CCOCC4)c3C2)s1. The third-order valence-corrected chi connectivity index (χ3v) is 7.06. The zero-order valence-corrected chi connectivity index (χ0v) is 18.4. The zero-order valence-electron chi connectivity index (χ0n) is 17.6. The molecule has 2 aliphatic heterocycles. The first-order valence-corrected chi connectivity index (χ1v) is 11.3. The van der Waals surface area contributed by atoms with Gasteiger partial charge in [0.15, 0.2) is 0 Å². The molecule has 1 fully saturated rings. The van der Waals surface area contributed by atoms with Gasteiger partial charge in [0.2, 0.25) is 0 Å². The molecule has 4 rings (SSSR count). The van der Waals surface area contributed by atoms with E-state index in [0.717, 1.165) is 43.7 Å². The highest BCUT2D eigenvalue weighted by molar-refractivity contribution is 7.11. The molecule has 8 heteroatoms. The van der Waals surface area contributed by atoms with Gasteiger partial charge in [0.25, 0.3) is 5.91 Å². The van der Waals surface area contributed by atoms with Crippen LogP contribution < -0.4 is 5.32 Å². The molecule has 158 valence electrons. The molecule has 2 aromatic rings. The second-order valence-corrected chi connectivity index (χ2v) is 10.1. The lowest BCUT2D eigenvalue weighted by Crippen LogP contribution is -2.41. The lowest BCUT2D eigenvalue weighted by Gasteiger charge is -2.28. The number of hydrogen-bond acceptors (Lipinski definition) is 6. The van der Waals surface area contributed by atoms with Crippen LogP contribution in [0.15, 0.2) is 12.4 Å². The normalized spacial score (nSPS) is 20.0. The molecule has 0 bridgehead atoms. The number of hydrogen-bond donors (Lipinski definition) is 1. The minimum atomic E-state index is 0.0996. The highest BCUT2D eigenvalue weighted by Gasteiger charge is 2.28. The van der Waals surface area contributed by atoms with Crippen LogP contribution in [0.4, 0.5) is 0 Å². The summed E-state index contributed by atoms with van der Waals surface area (Å²) in [5.74, 6) is 0.618. The van der Waals surface area contributed by atoms with Gasteiger partial charge in [0, 0.05) is 42.7 Å². The number of nitrogens with zero attached hydrogens (tertiary/aromatic N) is 4. The Morgan fingerprint density at radius 2 is 2.07 bits per heavy atom. The van der Waals surface area contributed by atoms with E-state index >= 15 is 0 Å². The van der Waals surface area contributed by atoms with Crippen molar-refractivity contribution < 1.29 is 9.53 Å². The Morgan fingerprint density at radius 1 is 1.28 bits per heavy atom. The van der Waals surface area contributed by atoms with Crippen LogP contribution in [-0.4, -0.2) is 58.4 Å². The highest BCUT2D eigenvalue weighted by atomic mass is 32.1. The predicted octanol–water partition coefficient (Wildman–Crippen LogP) is 2.46. The summed E-state index contributed by atoms with van der Waals surface area (Å²) in [7, 11) is 0. The molecule has 0 aliphatic carbocycles. The van der Waals surface area contributed by atoms with Crippen LogP contribution in [0.1, 0.15) is 53.1 Å². The number of carbonyl (C=O) groups is 1. The topological polar surface area (TPSA) is 72.3 Å². The Kier molecular flexibility index (Phi) is 6.03. The number of fused-ring (bicyclic) bond motifs is 1. The molecule has 0 spiro atoms. The van der Waals surface area contributed by atoms with Crippen molar-refractivity contribution in [3.8, 4) is 0 Å². The summed E-state index contributed by atoms with van der Waals surface area (Å²) in [5.41, 5.74) is 1.97. The van der Waals surface area contributed by atoms with Gasteiger partial charge in [0.05, 0.1) is 35.7 Å². The molecule has 1 N–H and O–H groups in total. The number of aryl methyl sites for hydroxylation is 1. The van der Waals surface area contributed by atoms with Gasteiger partial charge >= 0.3 is 0 Å². The van der Waals surface area contributed by atoms with E-state index in [9.17, 15) is 4.79 Å². The first kappa shape index (κ1) is 20.5. The Labute approximate surface area is 176 Å². The van der Waals surface area contributed by atoms with Gasteiger partial charge in [-0.1, -0.05) is 20.8 Å². The first-order chi connectivity index (χ1) is 13.9. The number of aromatic nitrogens is 3. The van der Waals surface area contributed by atoms with Crippen LogP contribution in [-0.2, 0) is 29.7 Å². The van der Waals surface area contributed by atoms with Crippen molar-refractivity contribution in [1.82, 2.24) is 25.0 Å². The summed E-state index contributed by atoms with van der Waals surface area (Å²) < 4.78 is 7.39. The predicted molar refractivity (Wildman–Crippen MR) is 113 cm³/mol. The molecule has 2 aliphatic rings. The molecule has 29 heavy (non-hydrogen) atoms. The first-order valence-electron chi connectivity index (χ1n) is 10.5. The van der Waals surface area contributed by atoms with Crippen LogP contribution in [0, 0.1) is 5.92 Å². The Hall–Kier alpha value is -1.77. The lowest BCUT2D eigenvalue weighted by atomic mass is 9.94. The second-order valence-electron chi connectivity index (χ2n) is 9.00. The summed E-state index contributed by atoms with van der Waals surface area (Å²) in [6.07, 6.45) is 5.73. The summed E-state index contributed by atoms with van der Waals surface area (Å²) in [5, 5.41) is 9.25. The zero-order chi connectivity index (χ0) is 20.4. The van der Waals surface area contributed by atoms with Crippen molar-refractivity contribution in [3.05, 3.63) is 33.5 Å². The number of nitrogens with one attached hydrogen (secondary N) is 1. The molecule has 1 atom stereocenters. The van der Waals surface area contributed by atoms with E-state index in [1.54, 1.807) is 17.5 Å². The van der Waals surface area contributed by atoms with E-state index in [1.165, 1.54) is 9.88 Å². The van der Waals surface area contributed by atoms with Gasteiger partial charge in [-0.15, -0.1) is 11.3 Å². The van der Waals surface area contributed by atoms with Crippen LogP contribution in [0.3, 0.4) is 0 Å². The van der Waals surface area contributed by atoms with Gasteiger partial charge < -0.3 is 15.0 Å². The van der Waals surface area contributed by atoms with E-state index in [-0.39, 0.29) is 11.3 Å². The Morgan fingerprint density at radius 3 is 2.79 bits per heavy atom. The molecule has 0 radical (unpaired) electrons. The number of rotatable bonds is 5. The van der Waals surface area contributed by atoms with Gasteiger partial charge in [-0.2, -0.15) is 5.10 Å². The maximum atomic E-state index is 12.9. The molecule has 0 saturated carbocycles. The third-order valence-electron chi connectivity index (χ3n) is 5.64. The van der Waals surface area contributed by atoms with Crippen molar-refractivity contribution in [2.75, 3.05) is 32.8 Å². The molecule has 7 nitrogen and oxygen atoms in total. The highest BCUT2D eigenvalue weighted by Crippen LogP contribution is 2.27. The van der Waals surface area contributed by atoms with Gasteiger partial charge in [-0.3, -0.25) is 9.48 Å². The largest absolute Gasteiger partial charge is 0.378 e. The number of morpholine rings is 1.